The highest BCUT2D eigenvalue weighted by Gasteiger charge is 2.17. The summed E-state index contributed by atoms with van der Waals surface area (Å²) in [4.78, 5) is 12.8. The number of anilines is 5. The Morgan fingerprint density at radius 3 is 2.37 bits per heavy atom. The molecule has 0 saturated carbocycles. The Hall–Kier alpha value is -2.97. The number of benzene rings is 2. The van der Waals surface area contributed by atoms with Crippen LogP contribution in [0.1, 0.15) is 0 Å². The van der Waals surface area contributed by atoms with Crippen molar-refractivity contribution in [2.45, 2.75) is 0 Å². The lowest BCUT2D eigenvalue weighted by Gasteiger charge is -2.34. The minimum Gasteiger partial charge on any atom is -0.367 e. The van der Waals surface area contributed by atoms with Crippen LogP contribution in [-0.2, 0) is 0 Å². The Morgan fingerprint density at radius 2 is 1.63 bits per heavy atom. The van der Waals surface area contributed by atoms with Crippen molar-refractivity contribution in [3.8, 4) is 0 Å². The summed E-state index contributed by atoms with van der Waals surface area (Å²) in [5, 5.41) is 6.07. The third-order valence-electron chi connectivity index (χ3n) is 4.90. The Morgan fingerprint density at radius 1 is 0.900 bits per heavy atom. The molecule has 2 aromatic carbocycles. The predicted octanol–water partition coefficient (Wildman–Crippen LogP) is 4.65. The standard InChI is InChI=1S/C21H21ClF2N6/c1-29-8-10-30(11-9-29)19-5-3-15(13-18(19)24)27-21-25-7-6-20(28-21)26-14-2-4-17(23)16(22)12-14/h2-7,12-13H,8-11H2,1H3,(H2,25,26,27,28). The molecule has 0 spiro atoms. The average molecular weight is 431 g/mol. The maximum Gasteiger partial charge on any atom is 0.229 e. The highest BCUT2D eigenvalue weighted by atomic mass is 35.5. The predicted molar refractivity (Wildman–Crippen MR) is 116 cm³/mol. The van der Waals surface area contributed by atoms with E-state index in [1.54, 1.807) is 30.5 Å². The SMILES string of the molecule is CN1CCN(c2ccc(Nc3nccc(Nc4ccc(F)c(Cl)c4)n3)cc2F)CC1. The summed E-state index contributed by atoms with van der Waals surface area (Å²) < 4.78 is 28.0. The van der Waals surface area contributed by atoms with Gasteiger partial charge in [0.05, 0.1) is 10.7 Å². The largest absolute Gasteiger partial charge is 0.367 e. The summed E-state index contributed by atoms with van der Waals surface area (Å²) in [5.74, 6) is 0.0127. The van der Waals surface area contributed by atoms with E-state index in [1.807, 2.05) is 4.90 Å². The van der Waals surface area contributed by atoms with Gasteiger partial charge in [-0.2, -0.15) is 4.98 Å². The van der Waals surface area contributed by atoms with E-state index in [1.165, 1.54) is 18.2 Å². The summed E-state index contributed by atoms with van der Waals surface area (Å²) in [6.45, 7) is 3.41. The first-order valence-corrected chi connectivity index (χ1v) is 9.91. The van der Waals surface area contributed by atoms with Crippen LogP contribution in [0.4, 0.5) is 37.6 Å². The Labute approximate surface area is 178 Å². The van der Waals surface area contributed by atoms with Gasteiger partial charge in [-0.05, 0) is 49.5 Å². The first-order valence-electron chi connectivity index (χ1n) is 9.53. The van der Waals surface area contributed by atoms with Crippen LogP contribution >= 0.6 is 11.6 Å². The number of rotatable bonds is 5. The summed E-state index contributed by atoms with van der Waals surface area (Å²) in [7, 11) is 2.06. The van der Waals surface area contributed by atoms with E-state index in [0.717, 1.165) is 26.2 Å². The van der Waals surface area contributed by atoms with Gasteiger partial charge in [0.2, 0.25) is 5.95 Å². The molecule has 1 aliphatic rings. The normalized spacial score (nSPS) is 14.6. The van der Waals surface area contributed by atoms with Crippen LogP contribution < -0.4 is 15.5 Å². The molecule has 0 bridgehead atoms. The fourth-order valence-electron chi connectivity index (χ4n) is 3.23. The first-order chi connectivity index (χ1) is 14.5. The van der Waals surface area contributed by atoms with Crippen molar-refractivity contribution >= 4 is 40.4 Å². The van der Waals surface area contributed by atoms with Gasteiger partial charge in [0, 0.05) is 43.8 Å². The first kappa shape index (κ1) is 20.3. The van der Waals surface area contributed by atoms with Gasteiger partial charge in [0.25, 0.3) is 0 Å². The second kappa shape index (κ2) is 8.81. The van der Waals surface area contributed by atoms with Gasteiger partial charge in [0.1, 0.15) is 17.5 Å². The molecular formula is C21H21ClF2N6. The number of hydrogen-bond acceptors (Lipinski definition) is 6. The molecule has 6 nitrogen and oxygen atoms in total. The molecule has 3 aromatic rings. The number of hydrogen-bond donors (Lipinski definition) is 2. The maximum atomic E-state index is 14.7. The molecule has 2 N–H and O–H groups in total. The van der Waals surface area contributed by atoms with Crippen LogP contribution in [0.3, 0.4) is 0 Å². The van der Waals surface area contributed by atoms with Gasteiger partial charge >= 0.3 is 0 Å². The van der Waals surface area contributed by atoms with Gasteiger partial charge in [-0.1, -0.05) is 11.6 Å². The molecule has 30 heavy (non-hydrogen) atoms. The van der Waals surface area contributed by atoms with Crippen LogP contribution in [0.15, 0.2) is 48.7 Å². The third-order valence-corrected chi connectivity index (χ3v) is 5.19. The fourth-order valence-corrected chi connectivity index (χ4v) is 3.41. The molecule has 156 valence electrons. The highest BCUT2D eigenvalue weighted by molar-refractivity contribution is 6.31. The summed E-state index contributed by atoms with van der Waals surface area (Å²) in [6, 6.07) is 11.0. The van der Waals surface area contributed by atoms with Crippen LogP contribution in [0.5, 0.6) is 0 Å². The highest BCUT2D eigenvalue weighted by Crippen LogP contribution is 2.26. The van der Waals surface area contributed by atoms with E-state index in [0.29, 0.717) is 28.8 Å². The second-order valence-electron chi connectivity index (χ2n) is 7.10. The summed E-state index contributed by atoms with van der Waals surface area (Å²) in [5.41, 5.74) is 1.74. The van der Waals surface area contributed by atoms with E-state index in [2.05, 4.69) is 32.5 Å². The van der Waals surface area contributed by atoms with Gasteiger partial charge in [-0.25, -0.2) is 13.8 Å². The molecule has 0 unspecified atom stereocenters. The number of halogens is 3. The topological polar surface area (TPSA) is 56.3 Å². The average Bonchev–Trinajstić information content (AvgIpc) is 2.72. The van der Waals surface area contributed by atoms with Crippen molar-refractivity contribution in [3.63, 3.8) is 0 Å². The van der Waals surface area contributed by atoms with Crippen molar-refractivity contribution in [1.29, 1.82) is 0 Å². The molecule has 9 heteroatoms. The van der Waals surface area contributed by atoms with Crippen molar-refractivity contribution in [2.75, 3.05) is 48.8 Å². The smallest absolute Gasteiger partial charge is 0.229 e. The van der Waals surface area contributed by atoms with Crippen LogP contribution in [-0.4, -0.2) is 48.1 Å². The lowest BCUT2D eigenvalue weighted by Crippen LogP contribution is -2.44. The zero-order valence-electron chi connectivity index (χ0n) is 16.4. The molecule has 0 aliphatic carbocycles. The lowest BCUT2D eigenvalue weighted by atomic mass is 10.2. The van der Waals surface area contributed by atoms with Crippen LogP contribution in [0.25, 0.3) is 0 Å². The number of likely N-dealkylation sites (N-methyl/N-ethyl adjacent to an activating group) is 1. The van der Waals surface area contributed by atoms with Gasteiger partial charge in [-0.15, -0.1) is 0 Å². The zero-order valence-corrected chi connectivity index (χ0v) is 17.1. The molecule has 4 rings (SSSR count). The van der Waals surface area contributed by atoms with E-state index in [9.17, 15) is 8.78 Å². The number of nitrogens with zero attached hydrogens (tertiary/aromatic N) is 4. The van der Waals surface area contributed by atoms with E-state index in [-0.39, 0.29) is 10.8 Å². The van der Waals surface area contributed by atoms with E-state index < -0.39 is 5.82 Å². The third kappa shape index (κ3) is 4.77. The molecule has 0 radical (unpaired) electrons. The van der Waals surface area contributed by atoms with Crippen molar-refractivity contribution in [3.05, 3.63) is 65.3 Å². The van der Waals surface area contributed by atoms with E-state index in [4.69, 9.17) is 11.6 Å². The lowest BCUT2D eigenvalue weighted by molar-refractivity contribution is 0.311. The zero-order chi connectivity index (χ0) is 21.1. The molecule has 0 atom stereocenters. The second-order valence-corrected chi connectivity index (χ2v) is 7.51. The van der Waals surface area contributed by atoms with Gasteiger partial charge in [0.15, 0.2) is 0 Å². The molecule has 2 heterocycles. The molecule has 1 aromatic heterocycles. The molecular weight excluding hydrogens is 410 g/mol. The molecule has 0 amide bonds. The Kier molecular flexibility index (Phi) is 5.96. The molecule has 1 saturated heterocycles. The number of nitrogens with one attached hydrogen (secondary N) is 2. The summed E-state index contributed by atoms with van der Waals surface area (Å²) in [6.07, 6.45) is 1.57. The van der Waals surface area contributed by atoms with Crippen molar-refractivity contribution in [2.24, 2.45) is 0 Å². The maximum absolute atomic E-state index is 14.7. The van der Waals surface area contributed by atoms with Gasteiger partial charge in [-0.3, -0.25) is 0 Å². The minimum atomic E-state index is -0.491. The monoisotopic (exact) mass is 430 g/mol. The van der Waals surface area contributed by atoms with Crippen molar-refractivity contribution in [1.82, 2.24) is 14.9 Å². The molecule has 1 fully saturated rings. The Bertz CT molecular complexity index is 1040. The fraction of sp³-hybridized carbons (Fsp3) is 0.238. The van der Waals surface area contributed by atoms with Crippen molar-refractivity contribution < 1.29 is 8.78 Å². The Balaban J connectivity index is 1.46. The minimum absolute atomic E-state index is 0.0170. The number of piperazine rings is 1. The van der Waals surface area contributed by atoms with Gasteiger partial charge < -0.3 is 20.4 Å². The quantitative estimate of drug-likeness (QED) is 0.614. The van der Waals surface area contributed by atoms with Crippen LogP contribution in [0.2, 0.25) is 5.02 Å². The van der Waals surface area contributed by atoms with Crippen LogP contribution in [0, 0.1) is 11.6 Å². The molecule has 1 aliphatic heterocycles. The number of aromatic nitrogens is 2. The van der Waals surface area contributed by atoms with E-state index >= 15 is 0 Å². The summed E-state index contributed by atoms with van der Waals surface area (Å²) >= 11 is 5.81.